The standard InChI is InChI=1S/C17H23N5O/c1-11-4-2-5-12(10-11)20-15-8-9-19-17(21-15)22-16-13(18)6-3-7-14(16)23/h2,4-5,8-10,13-14,16,23H,3,6-7,18H2,1H3,(H2,19,20,21,22)/t13-,14+,16-/m0/s1. The molecule has 122 valence electrons. The maximum Gasteiger partial charge on any atom is 0.224 e. The lowest BCUT2D eigenvalue weighted by Crippen LogP contribution is -2.51. The van der Waals surface area contributed by atoms with Gasteiger partial charge in [-0.2, -0.15) is 4.98 Å². The minimum absolute atomic E-state index is 0.0873. The normalized spacial score (nSPS) is 24.2. The van der Waals surface area contributed by atoms with Gasteiger partial charge in [-0.15, -0.1) is 0 Å². The van der Waals surface area contributed by atoms with Crippen LogP contribution in [0.15, 0.2) is 36.5 Å². The van der Waals surface area contributed by atoms with Crippen molar-refractivity contribution in [3.05, 3.63) is 42.1 Å². The first kappa shape index (κ1) is 15.7. The predicted octanol–water partition coefficient (Wildman–Crippen LogP) is 2.18. The van der Waals surface area contributed by atoms with Crippen molar-refractivity contribution in [3.63, 3.8) is 0 Å². The topological polar surface area (TPSA) is 96.1 Å². The van der Waals surface area contributed by atoms with Gasteiger partial charge in [0.1, 0.15) is 5.82 Å². The Hall–Kier alpha value is -2.18. The molecule has 6 nitrogen and oxygen atoms in total. The van der Waals surface area contributed by atoms with E-state index in [0.29, 0.717) is 11.8 Å². The number of anilines is 3. The van der Waals surface area contributed by atoms with Crippen LogP contribution in [0.1, 0.15) is 24.8 Å². The molecule has 1 fully saturated rings. The van der Waals surface area contributed by atoms with Gasteiger partial charge in [-0.25, -0.2) is 4.98 Å². The summed E-state index contributed by atoms with van der Waals surface area (Å²) in [5, 5.41) is 16.6. The molecule has 1 aliphatic rings. The molecule has 0 unspecified atom stereocenters. The lowest BCUT2D eigenvalue weighted by Gasteiger charge is -2.33. The molecule has 6 heteroatoms. The van der Waals surface area contributed by atoms with Gasteiger partial charge in [0.05, 0.1) is 12.1 Å². The van der Waals surface area contributed by atoms with E-state index in [9.17, 15) is 5.11 Å². The summed E-state index contributed by atoms with van der Waals surface area (Å²) < 4.78 is 0. The molecular weight excluding hydrogens is 290 g/mol. The van der Waals surface area contributed by atoms with Crippen molar-refractivity contribution in [3.8, 4) is 0 Å². The summed E-state index contributed by atoms with van der Waals surface area (Å²) in [4.78, 5) is 8.69. The molecule has 5 N–H and O–H groups in total. The molecule has 2 aromatic rings. The van der Waals surface area contributed by atoms with E-state index in [-0.39, 0.29) is 12.1 Å². The smallest absolute Gasteiger partial charge is 0.224 e. The fourth-order valence-corrected chi connectivity index (χ4v) is 2.93. The Morgan fingerprint density at radius 2 is 2.13 bits per heavy atom. The summed E-state index contributed by atoms with van der Waals surface area (Å²) in [6.07, 6.45) is 3.84. The molecule has 0 amide bonds. The Morgan fingerprint density at radius 1 is 1.26 bits per heavy atom. The molecule has 0 radical (unpaired) electrons. The number of rotatable bonds is 4. The minimum atomic E-state index is -0.462. The third-order valence-corrected chi connectivity index (χ3v) is 4.15. The van der Waals surface area contributed by atoms with Crippen molar-refractivity contribution in [2.75, 3.05) is 10.6 Å². The van der Waals surface area contributed by atoms with Crippen molar-refractivity contribution < 1.29 is 5.11 Å². The van der Waals surface area contributed by atoms with Crippen molar-refractivity contribution in [2.45, 2.75) is 44.4 Å². The first-order valence-electron chi connectivity index (χ1n) is 7.99. The molecule has 1 heterocycles. The quantitative estimate of drug-likeness (QED) is 0.691. The fourth-order valence-electron chi connectivity index (χ4n) is 2.93. The van der Waals surface area contributed by atoms with E-state index in [0.717, 1.165) is 24.9 Å². The number of nitrogens with zero attached hydrogens (tertiary/aromatic N) is 2. The highest BCUT2D eigenvalue weighted by Gasteiger charge is 2.30. The second-order valence-electron chi connectivity index (χ2n) is 6.09. The van der Waals surface area contributed by atoms with Gasteiger partial charge >= 0.3 is 0 Å². The molecule has 3 rings (SSSR count). The van der Waals surface area contributed by atoms with E-state index in [1.54, 1.807) is 6.20 Å². The van der Waals surface area contributed by atoms with Crippen LogP contribution in [0.4, 0.5) is 17.5 Å². The summed E-state index contributed by atoms with van der Waals surface area (Å²) in [5.41, 5.74) is 8.26. The van der Waals surface area contributed by atoms with E-state index < -0.39 is 6.10 Å². The SMILES string of the molecule is Cc1cccc(Nc2ccnc(N[C@@H]3[C@H](O)CCC[C@@H]3N)n2)c1. The van der Waals surface area contributed by atoms with Crippen LogP contribution in [-0.4, -0.2) is 33.3 Å². The zero-order chi connectivity index (χ0) is 16.2. The summed E-state index contributed by atoms with van der Waals surface area (Å²) in [6, 6.07) is 9.59. The Balaban J connectivity index is 1.72. The van der Waals surface area contributed by atoms with Crippen LogP contribution in [0, 0.1) is 6.92 Å². The van der Waals surface area contributed by atoms with Gasteiger partial charge in [0, 0.05) is 17.9 Å². The first-order chi connectivity index (χ1) is 11.1. The van der Waals surface area contributed by atoms with Gasteiger partial charge < -0.3 is 21.5 Å². The summed E-state index contributed by atoms with van der Waals surface area (Å²) >= 11 is 0. The number of aryl methyl sites for hydroxylation is 1. The monoisotopic (exact) mass is 313 g/mol. The van der Waals surface area contributed by atoms with Crippen molar-refractivity contribution >= 4 is 17.5 Å². The maximum atomic E-state index is 10.1. The van der Waals surface area contributed by atoms with E-state index in [1.165, 1.54) is 5.56 Å². The highest BCUT2D eigenvalue weighted by molar-refractivity contribution is 5.57. The van der Waals surface area contributed by atoms with Crippen LogP contribution in [0.5, 0.6) is 0 Å². The average molecular weight is 313 g/mol. The molecule has 1 aliphatic carbocycles. The molecular formula is C17H23N5O. The zero-order valence-electron chi connectivity index (χ0n) is 13.2. The minimum Gasteiger partial charge on any atom is -0.391 e. The van der Waals surface area contributed by atoms with E-state index in [1.807, 2.05) is 31.2 Å². The molecule has 1 aromatic carbocycles. The van der Waals surface area contributed by atoms with Crippen LogP contribution >= 0.6 is 0 Å². The molecule has 23 heavy (non-hydrogen) atoms. The number of nitrogens with one attached hydrogen (secondary N) is 2. The number of aliphatic hydroxyl groups is 1. The molecule has 1 aromatic heterocycles. The van der Waals surface area contributed by atoms with E-state index in [2.05, 4.69) is 26.7 Å². The first-order valence-corrected chi connectivity index (χ1v) is 7.99. The van der Waals surface area contributed by atoms with Gasteiger partial charge in [0.2, 0.25) is 5.95 Å². The second-order valence-corrected chi connectivity index (χ2v) is 6.09. The van der Waals surface area contributed by atoms with Crippen LogP contribution in [-0.2, 0) is 0 Å². The Kier molecular flexibility index (Phi) is 4.73. The number of hydrogen-bond donors (Lipinski definition) is 4. The van der Waals surface area contributed by atoms with Crippen molar-refractivity contribution in [2.24, 2.45) is 5.73 Å². The Labute approximate surface area is 136 Å². The number of aromatic nitrogens is 2. The average Bonchev–Trinajstić information content (AvgIpc) is 2.52. The lowest BCUT2D eigenvalue weighted by atomic mass is 9.88. The molecule has 1 saturated carbocycles. The predicted molar refractivity (Wildman–Crippen MR) is 91.7 cm³/mol. The van der Waals surface area contributed by atoms with Crippen molar-refractivity contribution in [1.29, 1.82) is 0 Å². The molecule has 0 spiro atoms. The van der Waals surface area contributed by atoms with Gasteiger partial charge in [-0.1, -0.05) is 12.1 Å². The summed E-state index contributed by atoms with van der Waals surface area (Å²) in [5.74, 6) is 1.18. The van der Waals surface area contributed by atoms with Crippen molar-refractivity contribution in [1.82, 2.24) is 9.97 Å². The van der Waals surface area contributed by atoms with Gasteiger partial charge in [0.15, 0.2) is 0 Å². The maximum absolute atomic E-state index is 10.1. The fraction of sp³-hybridized carbons (Fsp3) is 0.412. The number of hydrogen-bond acceptors (Lipinski definition) is 6. The van der Waals surface area contributed by atoms with Gasteiger partial charge in [-0.3, -0.25) is 0 Å². The summed E-state index contributed by atoms with van der Waals surface area (Å²) in [7, 11) is 0. The third-order valence-electron chi connectivity index (χ3n) is 4.15. The number of aliphatic hydroxyl groups excluding tert-OH is 1. The zero-order valence-corrected chi connectivity index (χ0v) is 13.2. The van der Waals surface area contributed by atoms with Crippen LogP contribution in [0.2, 0.25) is 0 Å². The van der Waals surface area contributed by atoms with Gasteiger partial charge in [-0.05, 0) is 49.9 Å². The largest absolute Gasteiger partial charge is 0.391 e. The van der Waals surface area contributed by atoms with Crippen LogP contribution in [0.3, 0.4) is 0 Å². The van der Waals surface area contributed by atoms with Crippen LogP contribution < -0.4 is 16.4 Å². The Bertz CT molecular complexity index is 653. The second kappa shape index (κ2) is 6.93. The number of benzene rings is 1. The van der Waals surface area contributed by atoms with E-state index in [4.69, 9.17) is 5.73 Å². The molecule has 0 bridgehead atoms. The van der Waals surface area contributed by atoms with Gasteiger partial charge in [0.25, 0.3) is 0 Å². The molecule has 0 aliphatic heterocycles. The molecule has 0 saturated heterocycles. The third kappa shape index (κ3) is 3.97. The number of nitrogens with two attached hydrogens (primary N) is 1. The summed E-state index contributed by atoms with van der Waals surface area (Å²) in [6.45, 7) is 2.05. The lowest BCUT2D eigenvalue weighted by molar-refractivity contribution is 0.106. The van der Waals surface area contributed by atoms with E-state index >= 15 is 0 Å². The Morgan fingerprint density at radius 3 is 2.91 bits per heavy atom. The molecule has 3 atom stereocenters. The highest BCUT2D eigenvalue weighted by Crippen LogP contribution is 2.21. The van der Waals surface area contributed by atoms with Crippen LogP contribution in [0.25, 0.3) is 0 Å². The highest BCUT2D eigenvalue weighted by atomic mass is 16.3.